The van der Waals surface area contributed by atoms with Crippen molar-refractivity contribution in [3.8, 4) is 22.6 Å². The number of amides is 1. The largest absolute Gasteiger partial charge is 0.457 e. The molecule has 0 radical (unpaired) electrons. The number of carbonyl (C=O) groups is 1. The molecule has 0 aliphatic heterocycles. The first-order valence-corrected chi connectivity index (χ1v) is 10.8. The molecule has 3 N–H and O–H groups in total. The summed E-state index contributed by atoms with van der Waals surface area (Å²) in [5.74, 6) is 1.52. The van der Waals surface area contributed by atoms with Gasteiger partial charge < -0.3 is 15.8 Å². The number of benzene rings is 4. The molecule has 34 heavy (non-hydrogen) atoms. The molecule has 5 rings (SSSR count). The van der Waals surface area contributed by atoms with Gasteiger partial charge in [-0.3, -0.25) is 4.79 Å². The van der Waals surface area contributed by atoms with Crippen molar-refractivity contribution >= 4 is 28.4 Å². The van der Waals surface area contributed by atoms with Crippen LogP contribution in [0.5, 0.6) is 11.5 Å². The number of hydrogen-bond donors (Lipinski definition) is 2. The molecular formula is C28H22N4O2. The second kappa shape index (κ2) is 9.03. The summed E-state index contributed by atoms with van der Waals surface area (Å²) in [5, 5.41) is 3.84. The number of nitrogens with zero attached hydrogens (tertiary/aromatic N) is 2. The van der Waals surface area contributed by atoms with Crippen LogP contribution in [0.1, 0.15) is 15.9 Å². The topological polar surface area (TPSA) is 90.1 Å². The molecule has 0 spiro atoms. The zero-order valence-electron chi connectivity index (χ0n) is 18.5. The third-order valence-corrected chi connectivity index (χ3v) is 5.50. The fraction of sp³-hybridized carbons (Fsp3) is 0.0357. The SMILES string of the molecule is Cc1ccc(C(=O)Nc2ccc(Oc3ccccc3)cc2)cc1-c1ccc2nc(N)ncc2c1. The van der Waals surface area contributed by atoms with E-state index in [9.17, 15) is 4.79 Å². The summed E-state index contributed by atoms with van der Waals surface area (Å²) in [6.07, 6.45) is 1.71. The van der Waals surface area contributed by atoms with E-state index in [1.807, 2.05) is 97.9 Å². The lowest BCUT2D eigenvalue weighted by atomic mass is 9.97. The quantitative estimate of drug-likeness (QED) is 0.334. The fourth-order valence-electron chi connectivity index (χ4n) is 3.72. The fourth-order valence-corrected chi connectivity index (χ4v) is 3.72. The van der Waals surface area contributed by atoms with E-state index in [1.54, 1.807) is 6.20 Å². The summed E-state index contributed by atoms with van der Waals surface area (Å²) in [6.45, 7) is 2.02. The van der Waals surface area contributed by atoms with Gasteiger partial charge in [-0.05, 0) is 84.3 Å². The van der Waals surface area contributed by atoms with E-state index >= 15 is 0 Å². The highest BCUT2D eigenvalue weighted by molar-refractivity contribution is 6.05. The molecule has 0 aliphatic carbocycles. The second-order valence-corrected chi connectivity index (χ2v) is 7.93. The average Bonchev–Trinajstić information content (AvgIpc) is 2.86. The predicted octanol–water partition coefficient (Wildman–Crippen LogP) is 6.23. The Balaban J connectivity index is 1.35. The number of nitrogen functional groups attached to an aromatic ring is 1. The molecule has 1 aromatic heterocycles. The van der Waals surface area contributed by atoms with Gasteiger partial charge in [0, 0.05) is 22.8 Å². The van der Waals surface area contributed by atoms with Crippen LogP contribution >= 0.6 is 0 Å². The molecule has 1 amide bonds. The summed E-state index contributed by atoms with van der Waals surface area (Å²) in [4.78, 5) is 21.3. The van der Waals surface area contributed by atoms with Crippen molar-refractivity contribution in [1.29, 1.82) is 0 Å². The zero-order valence-corrected chi connectivity index (χ0v) is 18.5. The van der Waals surface area contributed by atoms with Crippen molar-refractivity contribution in [3.63, 3.8) is 0 Å². The lowest BCUT2D eigenvalue weighted by Gasteiger charge is -2.11. The maximum atomic E-state index is 13.0. The summed E-state index contributed by atoms with van der Waals surface area (Å²) in [6, 6.07) is 28.4. The van der Waals surface area contributed by atoms with Crippen LogP contribution in [0, 0.1) is 6.92 Å². The highest BCUT2D eigenvalue weighted by Crippen LogP contribution is 2.28. The Labute approximate surface area is 197 Å². The molecule has 5 aromatic rings. The van der Waals surface area contributed by atoms with Crippen LogP contribution in [-0.2, 0) is 0 Å². The smallest absolute Gasteiger partial charge is 0.255 e. The molecule has 6 nitrogen and oxygen atoms in total. The van der Waals surface area contributed by atoms with Crippen molar-refractivity contribution in [3.05, 3.63) is 108 Å². The van der Waals surface area contributed by atoms with E-state index in [4.69, 9.17) is 10.5 Å². The van der Waals surface area contributed by atoms with Crippen LogP contribution in [0.4, 0.5) is 11.6 Å². The highest BCUT2D eigenvalue weighted by Gasteiger charge is 2.11. The predicted molar refractivity (Wildman–Crippen MR) is 135 cm³/mol. The third-order valence-electron chi connectivity index (χ3n) is 5.50. The van der Waals surface area contributed by atoms with Gasteiger partial charge >= 0.3 is 0 Å². The average molecular weight is 447 g/mol. The van der Waals surface area contributed by atoms with E-state index < -0.39 is 0 Å². The second-order valence-electron chi connectivity index (χ2n) is 7.93. The van der Waals surface area contributed by atoms with Gasteiger partial charge in [0.2, 0.25) is 5.95 Å². The molecule has 166 valence electrons. The van der Waals surface area contributed by atoms with Crippen molar-refractivity contribution in [1.82, 2.24) is 9.97 Å². The molecule has 4 aromatic carbocycles. The number of aryl methyl sites for hydroxylation is 1. The van der Waals surface area contributed by atoms with Crippen LogP contribution < -0.4 is 15.8 Å². The van der Waals surface area contributed by atoms with Crippen LogP contribution in [0.2, 0.25) is 0 Å². The minimum absolute atomic E-state index is 0.185. The Hall–Kier alpha value is -4.71. The Morgan fingerprint density at radius 1 is 0.882 bits per heavy atom. The summed E-state index contributed by atoms with van der Waals surface area (Å²) >= 11 is 0. The number of aromatic nitrogens is 2. The van der Waals surface area contributed by atoms with Gasteiger partial charge in [0.25, 0.3) is 5.91 Å². The number of nitrogens with one attached hydrogen (secondary N) is 1. The van der Waals surface area contributed by atoms with Crippen LogP contribution in [0.15, 0.2) is 97.2 Å². The number of rotatable bonds is 5. The van der Waals surface area contributed by atoms with Gasteiger partial charge in [-0.15, -0.1) is 0 Å². The van der Waals surface area contributed by atoms with Crippen LogP contribution in [0.3, 0.4) is 0 Å². The molecule has 0 aliphatic rings. The van der Waals surface area contributed by atoms with Gasteiger partial charge in [0.15, 0.2) is 0 Å². The third kappa shape index (κ3) is 4.56. The van der Waals surface area contributed by atoms with E-state index in [0.29, 0.717) is 17.0 Å². The molecule has 0 bridgehead atoms. The minimum atomic E-state index is -0.185. The Morgan fingerprint density at radius 2 is 1.65 bits per heavy atom. The number of hydrogen-bond acceptors (Lipinski definition) is 5. The standard InChI is InChI=1S/C28H22N4O2/c1-18-7-8-20(16-25(18)19-9-14-26-21(15-19)17-30-28(29)32-26)27(33)31-22-10-12-24(13-11-22)34-23-5-3-2-4-6-23/h2-17H,1H3,(H,31,33)(H2,29,30,32). The van der Waals surface area contributed by atoms with E-state index in [1.165, 1.54) is 0 Å². The molecule has 0 saturated heterocycles. The number of para-hydroxylation sites is 1. The van der Waals surface area contributed by atoms with Gasteiger partial charge in [0.1, 0.15) is 11.5 Å². The first-order valence-electron chi connectivity index (χ1n) is 10.8. The molecular weight excluding hydrogens is 424 g/mol. The van der Waals surface area contributed by atoms with Crippen molar-refractivity contribution in [2.75, 3.05) is 11.1 Å². The lowest BCUT2D eigenvalue weighted by molar-refractivity contribution is 0.102. The number of carbonyl (C=O) groups excluding carboxylic acids is 1. The number of ether oxygens (including phenoxy) is 1. The minimum Gasteiger partial charge on any atom is -0.457 e. The Bertz CT molecular complexity index is 1480. The van der Waals surface area contributed by atoms with E-state index in [0.717, 1.165) is 33.3 Å². The molecule has 0 atom stereocenters. The lowest BCUT2D eigenvalue weighted by Crippen LogP contribution is -2.12. The van der Waals surface area contributed by atoms with Crippen molar-refractivity contribution in [2.24, 2.45) is 0 Å². The summed E-state index contributed by atoms with van der Waals surface area (Å²) in [7, 11) is 0. The Morgan fingerprint density at radius 3 is 2.44 bits per heavy atom. The molecule has 1 heterocycles. The monoisotopic (exact) mass is 446 g/mol. The number of anilines is 2. The molecule has 0 unspecified atom stereocenters. The molecule has 6 heteroatoms. The van der Waals surface area contributed by atoms with E-state index in [-0.39, 0.29) is 11.9 Å². The van der Waals surface area contributed by atoms with Crippen LogP contribution in [-0.4, -0.2) is 15.9 Å². The zero-order chi connectivity index (χ0) is 23.5. The summed E-state index contributed by atoms with van der Waals surface area (Å²) < 4.78 is 5.81. The number of fused-ring (bicyclic) bond motifs is 1. The van der Waals surface area contributed by atoms with Crippen LogP contribution in [0.25, 0.3) is 22.0 Å². The summed E-state index contributed by atoms with van der Waals surface area (Å²) in [5.41, 5.74) is 10.7. The number of nitrogens with two attached hydrogens (primary N) is 1. The Kier molecular flexibility index (Phi) is 5.62. The highest BCUT2D eigenvalue weighted by atomic mass is 16.5. The van der Waals surface area contributed by atoms with Crippen molar-refractivity contribution < 1.29 is 9.53 Å². The maximum Gasteiger partial charge on any atom is 0.255 e. The van der Waals surface area contributed by atoms with Gasteiger partial charge in [-0.25, -0.2) is 9.97 Å². The first kappa shape index (κ1) is 21.2. The molecule has 0 fully saturated rings. The van der Waals surface area contributed by atoms with E-state index in [2.05, 4.69) is 15.3 Å². The first-order chi connectivity index (χ1) is 16.5. The molecule has 0 saturated carbocycles. The van der Waals surface area contributed by atoms with Gasteiger partial charge in [-0.2, -0.15) is 0 Å². The normalized spacial score (nSPS) is 10.7. The van der Waals surface area contributed by atoms with Gasteiger partial charge in [-0.1, -0.05) is 30.3 Å². The van der Waals surface area contributed by atoms with Gasteiger partial charge in [0.05, 0.1) is 5.52 Å². The maximum absolute atomic E-state index is 13.0. The van der Waals surface area contributed by atoms with Crippen molar-refractivity contribution in [2.45, 2.75) is 6.92 Å².